The first-order valence-corrected chi connectivity index (χ1v) is 11.7. The molecule has 156 valence electrons. The van der Waals surface area contributed by atoms with Crippen LogP contribution in [0.3, 0.4) is 0 Å². The number of aryl methyl sites for hydroxylation is 2. The average Bonchev–Trinajstić information content (AvgIpc) is 3.08. The standard InChI is InChI=1S/C23H23NO5S/c1-15-8-9-19-20(25)12-21(29-22(19)16(15)2)23(26)24(13-17-6-4-3-5-7-17)18-10-11-30(27,28)14-18/h3-9,12,18H,10-11,13-14H2,1-2H3. The van der Waals surface area contributed by atoms with Crippen molar-refractivity contribution in [3.05, 3.63) is 81.2 Å². The average molecular weight is 426 g/mol. The highest BCUT2D eigenvalue weighted by atomic mass is 32.2. The van der Waals surface area contributed by atoms with Crippen molar-refractivity contribution in [1.82, 2.24) is 4.90 Å². The van der Waals surface area contributed by atoms with E-state index in [0.717, 1.165) is 16.7 Å². The van der Waals surface area contributed by atoms with Crippen LogP contribution in [0.25, 0.3) is 11.0 Å². The maximum absolute atomic E-state index is 13.4. The first-order valence-electron chi connectivity index (χ1n) is 9.84. The molecule has 4 rings (SSSR count). The minimum Gasteiger partial charge on any atom is -0.450 e. The van der Waals surface area contributed by atoms with E-state index in [1.807, 2.05) is 50.2 Å². The lowest BCUT2D eigenvalue weighted by atomic mass is 10.1. The van der Waals surface area contributed by atoms with Crippen molar-refractivity contribution in [3.63, 3.8) is 0 Å². The Kier molecular flexibility index (Phi) is 5.24. The summed E-state index contributed by atoms with van der Waals surface area (Å²) in [4.78, 5) is 27.6. The van der Waals surface area contributed by atoms with E-state index in [4.69, 9.17) is 4.42 Å². The first kappa shape index (κ1) is 20.3. The second kappa shape index (κ2) is 7.72. The fraction of sp³-hybridized carbons (Fsp3) is 0.304. The van der Waals surface area contributed by atoms with Gasteiger partial charge in [-0.3, -0.25) is 9.59 Å². The van der Waals surface area contributed by atoms with Crippen LogP contribution in [-0.4, -0.2) is 36.8 Å². The number of benzene rings is 2. The second-order valence-corrected chi connectivity index (χ2v) is 10.1. The van der Waals surface area contributed by atoms with Gasteiger partial charge in [0.1, 0.15) is 5.58 Å². The van der Waals surface area contributed by atoms with Gasteiger partial charge in [-0.25, -0.2) is 8.42 Å². The third-order valence-corrected chi connectivity index (χ3v) is 7.48. The van der Waals surface area contributed by atoms with Crippen LogP contribution in [0.4, 0.5) is 0 Å². The van der Waals surface area contributed by atoms with Crippen molar-refractivity contribution in [1.29, 1.82) is 0 Å². The molecule has 0 radical (unpaired) electrons. The van der Waals surface area contributed by atoms with Gasteiger partial charge in [0.15, 0.2) is 21.0 Å². The van der Waals surface area contributed by atoms with Crippen molar-refractivity contribution < 1.29 is 17.6 Å². The Morgan fingerprint density at radius 3 is 2.53 bits per heavy atom. The molecular formula is C23H23NO5S. The Balaban J connectivity index is 1.78. The van der Waals surface area contributed by atoms with Crippen molar-refractivity contribution in [2.75, 3.05) is 11.5 Å². The van der Waals surface area contributed by atoms with Gasteiger partial charge in [0.05, 0.1) is 16.9 Å². The first-order chi connectivity index (χ1) is 14.2. The minimum atomic E-state index is -3.19. The highest BCUT2D eigenvalue weighted by Crippen LogP contribution is 2.25. The molecule has 1 aliphatic rings. The Morgan fingerprint density at radius 1 is 1.13 bits per heavy atom. The Bertz CT molecular complexity index is 1280. The van der Waals surface area contributed by atoms with Crippen molar-refractivity contribution in [3.8, 4) is 0 Å². The van der Waals surface area contributed by atoms with Gasteiger partial charge in [-0.1, -0.05) is 36.4 Å². The SMILES string of the molecule is Cc1ccc2c(=O)cc(C(=O)N(Cc3ccccc3)C3CCS(=O)(=O)C3)oc2c1C. The van der Waals surface area contributed by atoms with Crippen LogP contribution >= 0.6 is 0 Å². The summed E-state index contributed by atoms with van der Waals surface area (Å²) in [6, 6.07) is 13.7. The normalized spacial score (nSPS) is 17.9. The largest absolute Gasteiger partial charge is 0.450 e. The Labute approximate surface area is 175 Å². The van der Waals surface area contributed by atoms with Crippen molar-refractivity contribution in [2.24, 2.45) is 0 Å². The van der Waals surface area contributed by atoms with Crippen LogP contribution < -0.4 is 5.43 Å². The predicted molar refractivity (Wildman–Crippen MR) is 115 cm³/mol. The van der Waals surface area contributed by atoms with Gasteiger partial charge in [0.25, 0.3) is 5.91 Å². The molecule has 2 heterocycles. The lowest BCUT2D eigenvalue weighted by molar-refractivity contribution is 0.0648. The van der Waals surface area contributed by atoms with Gasteiger partial charge >= 0.3 is 0 Å². The zero-order valence-electron chi connectivity index (χ0n) is 16.9. The fourth-order valence-electron chi connectivity index (χ4n) is 3.87. The molecule has 0 bridgehead atoms. The second-order valence-electron chi connectivity index (χ2n) is 7.83. The van der Waals surface area contributed by atoms with E-state index in [9.17, 15) is 18.0 Å². The van der Waals surface area contributed by atoms with E-state index in [1.165, 1.54) is 11.0 Å². The molecule has 7 heteroatoms. The molecule has 3 aromatic rings. The number of hydrogen-bond acceptors (Lipinski definition) is 5. The van der Waals surface area contributed by atoms with E-state index >= 15 is 0 Å². The maximum atomic E-state index is 13.4. The van der Waals surface area contributed by atoms with Crippen LogP contribution in [0.15, 0.2) is 57.7 Å². The number of amides is 1. The molecule has 0 aliphatic carbocycles. The van der Waals surface area contributed by atoms with Gasteiger partial charge in [-0.2, -0.15) is 0 Å². The molecule has 0 N–H and O–H groups in total. The topological polar surface area (TPSA) is 84.7 Å². The highest BCUT2D eigenvalue weighted by molar-refractivity contribution is 7.91. The summed E-state index contributed by atoms with van der Waals surface area (Å²) in [5.41, 5.74) is 2.74. The van der Waals surface area contributed by atoms with Crippen LogP contribution in [-0.2, 0) is 16.4 Å². The molecule has 0 spiro atoms. The molecule has 1 amide bonds. The molecule has 6 nitrogen and oxygen atoms in total. The van der Waals surface area contributed by atoms with Crippen LogP contribution in [0.2, 0.25) is 0 Å². The molecule has 30 heavy (non-hydrogen) atoms. The number of fused-ring (bicyclic) bond motifs is 1. The van der Waals surface area contributed by atoms with E-state index in [2.05, 4.69) is 0 Å². The maximum Gasteiger partial charge on any atom is 0.290 e. The quantitative estimate of drug-likeness (QED) is 0.641. The van der Waals surface area contributed by atoms with Crippen LogP contribution in [0.1, 0.15) is 33.7 Å². The number of carbonyl (C=O) groups excluding carboxylic acids is 1. The zero-order chi connectivity index (χ0) is 21.5. The van der Waals surface area contributed by atoms with Gasteiger partial charge in [0.2, 0.25) is 0 Å². The zero-order valence-corrected chi connectivity index (χ0v) is 17.7. The van der Waals surface area contributed by atoms with Gasteiger partial charge in [-0.05, 0) is 43.0 Å². The van der Waals surface area contributed by atoms with E-state index in [0.29, 0.717) is 17.4 Å². The summed E-state index contributed by atoms with van der Waals surface area (Å²) in [6.45, 7) is 4.00. The van der Waals surface area contributed by atoms with E-state index in [-0.39, 0.29) is 29.2 Å². The molecule has 1 aliphatic heterocycles. The molecule has 0 saturated carbocycles. The lowest BCUT2D eigenvalue weighted by Gasteiger charge is -2.28. The monoisotopic (exact) mass is 425 g/mol. The van der Waals surface area contributed by atoms with Crippen molar-refractivity contribution >= 4 is 26.7 Å². The molecule has 1 saturated heterocycles. The van der Waals surface area contributed by atoms with Crippen molar-refractivity contribution in [2.45, 2.75) is 32.9 Å². The van der Waals surface area contributed by atoms with E-state index < -0.39 is 21.8 Å². The molecule has 2 aromatic carbocycles. The van der Waals surface area contributed by atoms with Crippen LogP contribution in [0.5, 0.6) is 0 Å². The summed E-state index contributed by atoms with van der Waals surface area (Å²) in [5, 5.41) is 0.424. The Morgan fingerprint density at radius 2 is 1.87 bits per heavy atom. The number of carbonyl (C=O) groups is 1. The third-order valence-electron chi connectivity index (χ3n) is 5.73. The molecular weight excluding hydrogens is 402 g/mol. The molecule has 1 aromatic heterocycles. The molecule has 1 fully saturated rings. The number of rotatable bonds is 4. The fourth-order valence-corrected chi connectivity index (χ4v) is 5.60. The van der Waals surface area contributed by atoms with E-state index in [1.54, 1.807) is 6.07 Å². The molecule has 1 unspecified atom stereocenters. The lowest BCUT2D eigenvalue weighted by Crippen LogP contribution is -2.40. The van der Waals surface area contributed by atoms with Gasteiger partial charge < -0.3 is 9.32 Å². The van der Waals surface area contributed by atoms with Gasteiger partial charge in [-0.15, -0.1) is 0 Å². The number of hydrogen-bond donors (Lipinski definition) is 0. The summed E-state index contributed by atoms with van der Waals surface area (Å²) in [7, 11) is -3.19. The molecule has 1 atom stereocenters. The van der Waals surface area contributed by atoms with Crippen LogP contribution in [0, 0.1) is 13.8 Å². The summed E-state index contributed by atoms with van der Waals surface area (Å²) >= 11 is 0. The minimum absolute atomic E-state index is 0.0518. The predicted octanol–water partition coefficient (Wildman–Crippen LogP) is 3.24. The van der Waals surface area contributed by atoms with Gasteiger partial charge in [0, 0.05) is 18.7 Å². The summed E-state index contributed by atoms with van der Waals surface area (Å²) in [5.74, 6) is -0.570. The summed E-state index contributed by atoms with van der Waals surface area (Å²) < 4.78 is 30.0. The number of sulfone groups is 1. The smallest absolute Gasteiger partial charge is 0.290 e. The number of nitrogens with zero attached hydrogens (tertiary/aromatic N) is 1. The highest BCUT2D eigenvalue weighted by Gasteiger charge is 2.36. The Hall–Kier alpha value is -2.93. The summed E-state index contributed by atoms with van der Waals surface area (Å²) in [6.07, 6.45) is 0.372. The third kappa shape index (κ3) is 3.89.